The summed E-state index contributed by atoms with van der Waals surface area (Å²) >= 11 is 0. The second kappa shape index (κ2) is 5.10. The van der Waals surface area contributed by atoms with E-state index in [1.807, 2.05) is 0 Å². The number of pyridine rings is 1. The van der Waals surface area contributed by atoms with Gasteiger partial charge in [0.1, 0.15) is 18.2 Å². The molecule has 0 bridgehead atoms. The highest BCUT2D eigenvalue weighted by molar-refractivity contribution is 6.18. The quantitative estimate of drug-likeness (QED) is 0.224. The minimum Gasteiger partial charge on any atom is -0.456 e. The van der Waals surface area contributed by atoms with E-state index in [2.05, 4.69) is 86.7 Å². The molecule has 3 heteroatoms. The Labute approximate surface area is 152 Å². The Morgan fingerprint density at radius 1 is 1.00 bits per heavy atom. The van der Waals surface area contributed by atoms with Gasteiger partial charge < -0.3 is 8.98 Å². The molecule has 0 aliphatic heterocycles. The van der Waals surface area contributed by atoms with Gasteiger partial charge in [-0.25, -0.2) is 4.57 Å². The third kappa shape index (κ3) is 1.91. The SMILES string of the molecule is Cc1c2c(cc3cc[n+](C)c13)oc1cc(C(C)C)cc3ccn(C)c2c31. The first-order chi connectivity index (χ1) is 12.5. The molecule has 3 heterocycles. The zero-order valence-electron chi connectivity index (χ0n) is 15.9. The van der Waals surface area contributed by atoms with Gasteiger partial charge in [-0.15, -0.1) is 0 Å². The van der Waals surface area contributed by atoms with E-state index in [-0.39, 0.29) is 0 Å². The maximum Gasteiger partial charge on any atom is 0.216 e. The maximum absolute atomic E-state index is 6.47. The average molecular weight is 343 g/mol. The van der Waals surface area contributed by atoms with Crippen LogP contribution in [0.2, 0.25) is 0 Å². The fourth-order valence-electron chi connectivity index (χ4n) is 4.36. The summed E-state index contributed by atoms with van der Waals surface area (Å²) in [5.74, 6) is 0.469. The molecule has 0 fully saturated rings. The zero-order valence-corrected chi connectivity index (χ0v) is 15.9. The van der Waals surface area contributed by atoms with Gasteiger partial charge in [0.15, 0.2) is 6.20 Å². The van der Waals surface area contributed by atoms with Gasteiger partial charge in [0.25, 0.3) is 0 Å². The van der Waals surface area contributed by atoms with E-state index in [1.165, 1.54) is 43.7 Å². The largest absolute Gasteiger partial charge is 0.456 e. The van der Waals surface area contributed by atoms with E-state index in [0.29, 0.717) is 5.92 Å². The van der Waals surface area contributed by atoms with Gasteiger partial charge in [-0.1, -0.05) is 19.9 Å². The van der Waals surface area contributed by atoms with Crippen molar-refractivity contribution in [2.45, 2.75) is 26.7 Å². The highest BCUT2D eigenvalue weighted by atomic mass is 16.3. The van der Waals surface area contributed by atoms with E-state index < -0.39 is 0 Å². The van der Waals surface area contributed by atoms with Crippen LogP contribution in [0.1, 0.15) is 30.9 Å². The van der Waals surface area contributed by atoms with Crippen molar-refractivity contribution in [3.05, 3.63) is 53.9 Å². The van der Waals surface area contributed by atoms with E-state index in [4.69, 9.17) is 4.42 Å². The minimum atomic E-state index is 0.469. The molecule has 5 rings (SSSR count). The van der Waals surface area contributed by atoms with Gasteiger partial charge in [-0.2, -0.15) is 0 Å². The van der Waals surface area contributed by atoms with Crippen LogP contribution in [0.15, 0.2) is 47.1 Å². The molecule has 0 unspecified atom stereocenters. The molecule has 0 spiro atoms. The van der Waals surface area contributed by atoms with Crippen molar-refractivity contribution in [1.29, 1.82) is 0 Å². The lowest BCUT2D eigenvalue weighted by molar-refractivity contribution is -0.642. The van der Waals surface area contributed by atoms with Crippen LogP contribution in [-0.4, -0.2) is 4.57 Å². The topological polar surface area (TPSA) is 21.9 Å². The summed E-state index contributed by atoms with van der Waals surface area (Å²) in [6.07, 6.45) is 4.28. The highest BCUT2D eigenvalue weighted by Gasteiger charge is 2.20. The number of aryl methyl sites for hydroxylation is 3. The fourth-order valence-corrected chi connectivity index (χ4v) is 4.36. The molecule has 3 aromatic heterocycles. The lowest BCUT2D eigenvalue weighted by atomic mass is 9.96. The number of rotatable bonds is 1. The van der Waals surface area contributed by atoms with E-state index in [1.54, 1.807) is 0 Å². The van der Waals surface area contributed by atoms with Gasteiger partial charge in [-0.05, 0) is 42.0 Å². The highest BCUT2D eigenvalue weighted by Crippen LogP contribution is 2.38. The number of nitrogens with zero attached hydrogens (tertiary/aromatic N) is 2. The minimum absolute atomic E-state index is 0.469. The summed E-state index contributed by atoms with van der Waals surface area (Å²) in [7, 11) is 4.23. The summed E-state index contributed by atoms with van der Waals surface area (Å²) in [6.45, 7) is 6.66. The molecule has 0 aliphatic rings. The monoisotopic (exact) mass is 343 g/mol. The first-order valence-corrected chi connectivity index (χ1v) is 9.19. The van der Waals surface area contributed by atoms with Crippen LogP contribution in [0, 0.1) is 6.92 Å². The molecule has 26 heavy (non-hydrogen) atoms. The summed E-state index contributed by atoms with van der Waals surface area (Å²) in [6, 6.07) is 11.1. The number of hydrogen-bond acceptors (Lipinski definition) is 1. The summed E-state index contributed by atoms with van der Waals surface area (Å²) in [5.41, 5.74) is 7.03. The Hall–Kier alpha value is -2.81. The maximum atomic E-state index is 6.47. The molecule has 0 radical (unpaired) electrons. The molecule has 5 aromatic rings. The average Bonchev–Trinajstić information content (AvgIpc) is 2.98. The molecule has 0 atom stereocenters. The molecule has 0 aliphatic carbocycles. The van der Waals surface area contributed by atoms with Crippen molar-refractivity contribution in [2.24, 2.45) is 14.1 Å². The van der Waals surface area contributed by atoms with E-state index in [9.17, 15) is 0 Å². The normalized spacial score (nSPS) is 12.4. The van der Waals surface area contributed by atoms with Crippen molar-refractivity contribution in [2.75, 3.05) is 0 Å². The van der Waals surface area contributed by atoms with Crippen LogP contribution < -0.4 is 4.57 Å². The predicted molar refractivity (Wildman–Crippen MR) is 108 cm³/mol. The van der Waals surface area contributed by atoms with E-state index >= 15 is 0 Å². The third-order valence-corrected chi connectivity index (χ3v) is 5.71. The number of fused-ring (bicyclic) bond motifs is 3. The Bertz CT molecular complexity index is 1340. The van der Waals surface area contributed by atoms with Crippen LogP contribution >= 0.6 is 0 Å². The molecule has 0 saturated carbocycles. The standard InChI is InChI=1S/C23H23N2O/c1-13(2)17-10-15-6-8-25(5)23-20-14(3)22-16(7-9-24(22)4)11-18(20)26-19(12-17)21(15)23/h6-13H,1-5H3/q+1. The molecule has 130 valence electrons. The van der Waals surface area contributed by atoms with Crippen LogP contribution in [-0.2, 0) is 14.1 Å². The number of aromatic nitrogens is 2. The molecule has 0 amide bonds. The van der Waals surface area contributed by atoms with Crippen molar-refractivity contribution < 1.29 is 8.98 Å². The fraction of sp³-hybridized carbons (Fsp3) is 0.261. The van der Waals surface area contributed by atoms with Gasteiger partial charge in [0.05, 0.1) is 16.3 Å². The van der Waals surface area contributed by atoms with Crippen LogP contribution in [0.3, 0.4) is 0 Å². The van der Waals surface area contributed by atoms with Crippen LogP contribution in [0.5, 0.6) is 0 Å². The first kappa shape index (κ1) is 15.4. The van der Waals surface area contributed by atoms with Crippen molar-refractivity contribution >= 4 is 43.7 Å². The predicted octanol–water partition coefficient (Wildman–Crippen LogP) is 5.49. The van der Waals surface area contributed by atoms with Crippen molar-refractivity contribution in [3.63, 3.8) is 0 Å². The second-order valence-corrected chi connectivity index (χ2v) is 7.75. The molecule has 3 nitrogen and oxygen atoms in total. The summed E-state index contributed by atoms with van der Waals surface area (Å²) < 4.78 is 10.9. The number of benzene rings is 2. The Morgan fingerprint density at radius 3 is 2.54 bits per heavy atom. The molecule has 2 aromatic carbocycles. The van der Waals surface area contributed by atoms with Gasteiger partial charge in [0.2, 0.25) is 5.52 Å². The molecular weight excluding hydrogens is 320 g/mol. The van der Waals surface area contributed by atoms with Crippen molar-refractivity contribution in [1.82, 2.24) is 4.57 Å². The summed E-state index contributed by atoms with van der Waals surface area (Å²) in [4.78, 5) is 0. The lowest BCUT2D eigenvalue weighted by Gasteiger charge is -2.16. The second-order valence-electron chi connectivity index (χ2n) is 7.75. The van der Waals surface area contributed by atoms with Gasteiger partial charge in [0, 0.05) is 30.3 Å². The van der Waals surface area contributed by atoms with Crippen LogP contribution in [0.4, 0.5) is 0 Å². The van der Waals surface area contributed by atoms with Gasteiger partial charge in [-0.3, -0.25) is 0 Å². The van der Waals surface area contributed by atoms with Crippen LogP contribution in [0.25, 0.3) is 43.7 Å². The third-order valence-electron chi connectivity index (χ3n) is 5.71. The Kier molecular flexibility index (Phi) is 3.03. The van der Waals surface area contributed by atoms with E-state index in [0.717, 1.165) is 11.2 Å². The molecular formula is C23H23N2O+. The Balaban J connectivity index is 2.11. The number of hydrogen-bond donors (Lipinski definition) is 0. The van der Waals surface area contributed by atoms with Crippen molar-refractivity contribution in [3.8, 4) is 0 Å². The zero-order chi connectivity index (χ0) is 18.2. The molecule has 0 saturated heterocycles. The first-order valence-electron chi connectivity index (χ1n) is 9.19. The smallest absolute Gasteiger partial charge is 0.216 e. The summed E-state index contributed by atoms with van der Waals surface area (Å²) in [5, 5.41) is 4.89. The lowest BCUT2D eigenvalue weighted by Crippen LogP contribution is -2.25. The Morgan fingerprint density at radius 2 is 1.77 bits per heavy atom. The molecule has 0 N–H and O–H groups in total. The van der Waals surface area contributed by atoms with Gasteiger partial charge >= 0.3 is 0 Å².